The van der Waals surface area contributed by atoms with Crippen molar-refractivity contribution in [3.63, 3.8) is 0 Å². The molecule has 0 heterocycles. The highest BCUT2D eigenvalue weighted by Gasteiger charge is 2.10. The molecule has 0 atom stereocenters. The summed E-state index contributed by atoms with van der Waals surface area (Å²) in [7, 11) is 0. The van der Waals surface area contributed by atoms with Gasteiger partial charge in [0.1, 0.15) is 18.8 Å². The van der Waals surface area contributed by atoms with Crippen molar-refractivity contribution in [3.05, 3.63) is 94.5 Å². The molecule has 6 nitrogen and oxygen atoms in total. The Hall–Kier alpha value is -3.45. The molecular weight excluding hydrogens is 446 g/mol. The Morgan fingerprint density at radius 1 is 0.900 bits per heavy atom. The van der Waals surface area contributed by atoms with E-state index < -0.39 is 11.8 Å². The van der Waals surface area contributed by atoms with Gasteiger partial charge in [-0.05, 0) is 45.8 Å². The standard InChI is InChI=1S/C23H20BrN3O3/c24-19-11-5-6-12-20(19)26-22(28)14-23(29)27-25-15-18-10-4-7-13-21(18)30-16-17-8-2-1-3-9-17/h1-13,15H,14,16H2,(H,26,28)(H,27,29). The average molecular weight is 466 g/mol. The molecule has 30 heavy (non-hydrogen) atoms. The molecular formula is C23H20BrN3O3. The van der Waals surface area contributed by atoms with E-state index in [1.54, 1.807) is 18.2 Å². The van der Waals surface area contributed by atoms with Gasteiger partial charge in [0.2, 0.25) is 11.8 Å². The van der Waals surface area contributed by atoms with Crippen molar-refractivity contribution < 1.29 is 14.3 Å². The molecule has 0 unspecified atom stereocenters. The molecule has 3 rings (SSSR count). The molecule has 7 heteroatoms. The zero-order chi connectivity index (χ0) is 21.2. The molecule has 0 fully saturated rings. The van der Waals surface area contributed by atoms with Crippen molar-refractivity contribution in [2.75, 3.05) is 5.32 Å². The van der Waals surface area contributed by atoms with Gasteiger partial charge >= 0.3 is 0 Å². The summed E-state index contributed by atoms with van der Waals surface area (Å²) in [5, 5.41) is 6.61. The average Bonchev–Trinajstić information content (AvgIpc) is 2.75. The van der Waals surface area contributed by atoms with E-state index in [4.69, 9.17) is 4.74 Å². The number of hydrogen-bond donors (Lipinski definition) is 2. The first-order chi connectivity index (χ1) is 14.6. The minimum Gasteiger partial charge on any atom is -0.488 e. The van der Waals surface area contributed by atoms with Crippen molar-refractivity contribution in [3.8, 4) is 5.75 Å². The van der Waals surface area contributed by atoms with Crippen LogP contribution in [0.25, 0.3) is 0 Å². The molecule has 0 saturated carbocycles. The molecule has 0 spiro atoms. The van der Waals surface area contributed by atoms with E-state index in [2.05, 4.69) is 31.8 Å². The third kappa shape index (κ3) is 6.56. The van der Waals surface area contributed by atoms with Gasteiger partial charge in [0.25, 0.3) is 0 Å². The summed E-state index contributed by atoms with van der Waals surface area (Å²) in [5.41, 5.74) is 4.73. The second-order valence-corrected chi connectivity index (χ2v) is 7.16. The van der Waals surface area contributed by atoms with Crippen molar-refractivity contribution in [1.29, 1.82) is 0 Å². The van der Waals surface area contributed by atoms with E-state index in [0.29, 0.717) is 23.6 Å². The summed E-state index contributed by atoms with van der Waals surface area (Å²) in [4.78, 5) is 24.0. The minimum absolute atomic E-state index is 0.342. The highest BCUT2D eigenvalue weighted by molar-refractivity contribution is 9.10. The van der Waals surface area contributed by atoms with Gasteiger partial charge in [0.15, 0.2) is 0 Å². The van der Waals surface area contributed by atoms with Crippen molar-refractivity contribution in [2.24, 2.45) is 5.10 Å². The van der Waals surface area contributed by atoms with Crippen LogP contribution in [0.5, 0.6) is 5.75 Å². The quantitative estimate of drug-likeness (QED) is 0.291. The molecule has 0 aliphatic rings. The van der Waals surface area contributed by atoms with Gasteiger partial charge in [-0.3, -0.25) is 9.59 Å². The minimum atomic E-state index is -0.515. The number of halogens is 1. The number of hydrogen-bond acceptors (Lipinski definition) is 4. The van der Waals surface area contributed by atoms with Crippen LogP contribution >= 0.6 is 15.9 Å². The number of hydrazone groups is 1. The van der Waals surface area contributed by atoms with E-state index in [9.17, 15) is 9.59 Å². The summed E-state index contributed by atoms with van der Waals surface area (Å²) in [6.45, 7) is 0.424. The van der Waals surface area contributed by atoms with Gasteiger partial charge in [-0.2, -0.15) is 5.10 Å². The van der Waals surface area contributed by atoms with Crippen molar-refractivity contribution in [1.82, 2.24) is 5.43 Å². The van der Waals surface area contributed by atoms with Gasteiger partial charge < -0.3 is 10.1 Å². The first-order valence-corrected chi connectivity index (χ1v) is 10.0. The Bertz CT molecular complexity index is 1040. The monoisotopic (exact) mass is 465 g/mol. The van der Waals surface area contributed by atoms with Crippen molar-refractivity contribution in [2.45, 2.75) is 13.0 Å². The normalized spacial score (nSPS) is 10.6. The van der Waals surface area contributed by atoms with Crippen LogP contribution in [0.4, 0.5) is 5.69 Å². The number of carbonyl (C=O) groups is 2. The van der Waals surface area contributed by atoms with Crippen LogP contribution in [0.15, 0.2) is 88.4 Å². The predicted molar refractivity (Wildman–Crippen MR) is 120 cm³/mol. The molecule has 152 valence electrons. The Balaban J connectivity index is 1.51. The van der Waals surface area contributed by atoms with E-state index in [1.807, 2.05) is 60.7 Å². The van der Waals surface area contributed by atoms with Crippen LogP contribution in [0.3, 0.4) is 0 Å². The van der Waals surface area contributed by atoms with Gasteiger partial charge in [0.05, 0.1) is 11.9 Å². The highest BCUT2D eigenvalue weighted by Crippen LogP contribution is 2.21. The van der Waals surface area contributed by atoms with Crippen LogP contribution < -0.4 is 15.5 Å². The molecule has 3 aromatic rings. The maximum atomic E-state index is 12.0. The van der Waals surface area contributed by atoms with Gasteiger partial charge in [-0.25, -0.2) is 5.43 Å². The van der Waals surface area contributed by atoms with E-state index >= 15 is 0 Å². The molecule has 2 N–H and O–H groups in total. The van der Waals surface area contributed by atoms with E-state index in [1.165, 1.54) is 6.21 Å². The largest absolute Gasteiger partial charge is 0.488 e. The molecule has 3 aromatic carbocycles. The summed E-state index contributed by atoms with van der Waals surface area (Å²) < 4.78 is 6.59. The number of para-hydroxylation sites is 2. The number of carbonyl (C=O) groups excluding carboxylic acids is 2. The fourth-order valence-corrected chi connectivity index (χ4v) is 2.95. The number of nitrogens with zero attached hydrogens (tertiary/aromatic N) is 1. The number of benzene rings is 3. The fraction of sp³-hybridized carbons (Fsp3) is 0.0870. The molecule has 0 aromatic heterocycles. The number of nitrogens with one attached hydrogen (secondary N) is 2. The second-order valence-electron chi connectivity index (χ2n) is 6.31. The number of ether oxygens (including phenoxy) is 1. The molecule has 0 aliphatic heterocycles. The van der Waals surface area contributed by atoms with Crippen LogP contribution in [-0.4, -0.2) is 18.0 Å². The van der Waals surface area contributed by atoms with Crippen LogP contribution in [0, 0.1) is 0 Å². The zero-order valence-electron chi connectivity index (χ0n) is 16.0. The van der Waals surface area contributed by atoms with Crippen LogP contribution in [-0.2, 0) is 16.2 Å². The molecule has 0 aliphatic carbocycles. The summed E-state index contributed by atoms with van der Waals surface area (Å²) >= 11 is 3.34. The Labute approximate surface area is 183 Å². The highest BCUT2D eigenvalue weighted by atomic mass is 79.9. The van der Waals surface area contributed by atoms with Crippen LogP contribution in [0.1, 0.15) is 17.5 Å². The summed E-state index contributed by atoms with van der Waals surface area (Å²) in [6.07, 6.45) is 1.15. The fourth-order valence-electron chi connectivity index (χ4n) is 2.57. The maximum Gasteiger partial charge on any atom is 0.249 e. The van der Waals surface area contributed by atoms with Gasteiger partial charge in [0, 0.05) is 10.0 Å². The molecule has 2 amide bonds. The Morgan fingerprint density at radius 3 is 2.40 bits per heavy atom. The number of amides is 2. The third-order valence-electron chi connectivity index (χ3n) is 4.02. The van der Waals surface area contributed by atoms with Crippen LogP contribution in [0.2, 0.25) is 0 Å². The SMILES string of the molecule is O=C(CC(=O)Nc1ccccc1Br)NN=Cc1ccccc1OCc1ccccc1. The van der Waals surface area contributed by atoms with E-state index in [0.717, 1.165) is 10.0 Å². The topological polar surface area (TPSA) is 79.8 Å². The molecule has 0 saturated heterocycles. The summed E-state index contributed by atoms with van der Waals surface area (Å²) in [5.74, 6) is -0.300. The number of anilines is 1. The third-order valence-corrected chi connectivity index (χ3v) is 4.71. The lowest BCUT2D eigenvalue weighted by Gasteiger charge is -2.09. The maximum absolute atomic E-state index is 12.0. The first-order valence-electron chi connectivity index (χ1n) is 9.24. The summed E-state index contributed by atoms with van der Waals surface area (Å²) in [6, 6.07) is 24.4. The first kappa shape index (κ1) is 21.3. The predicted octanol–water partition coefficient (Wildman–Crippen LogP) is 4.51. The number of rotatable bonds is 8. The smallest absolute Gasteiger partial charge is 0.249 e. The Morgan fingerprint density at radius 2 is 1.60 bits per heavy atom. The van der Waals surface area contributed by atoms with Gasteiger partial charge in [-0.1, -0.05) is 54.6 Å². The van der Waals surface area contributed by atoms with Crippen molar-refractivity contribution >= 4 is 39.6 Å². The Kier molecular flexibility index (Phi) is 7.74. The lowest BCUT2D eigenvalue weighted by atomic mass is 10.2. The van der Waals surface area contributed by atoms with E-state index in [-0.39, 0.29) is 6.42 Å². The lowest BCUT2D eigenvalue weighted by Crippen LogP contribution is -2.24. The molecule has 0 bridgehead atoms. The molecule has 0 radical (unpaired) electrons. The zero-order valence-corrected chi connectivity index (χ0v) is 17.6. The lowest BCUT2D eigenvalue weighted by molar-refractivity contribution is -0.126. The van der Waals surface area contributed by atoms with Gasteiger partial charge in [-0.15, -0.1) is 0 Å². The second kappa shape index (κ2) is 10.9.